The van der Waals surface area contributed by atoms with Crippen molar-refractivity contribution < 1.29 is 4.74 Å². The molecule has 0 unspecified atom stereocenters. The van der Waals surface area contributed by atoms with Gasteiger partial charge in [0.2, 0.25) is 5.95 Å². The van der Waals surface area contributed by atoms with E-state index in [1.54, 1.807) is 0 Å². The van der Waals surface area contributed by atoms with Crippen LogP contribution in [0.15, 0.2) is 60.7 Å². The van der Waals surface area contributed by atoms with Crippen LogP contribution in [0.3, 0.4) is 0 Å². The molecule has 0 aliphatic rings. The van der Waals surface area contributed by atoms with E-state index in [-0.39, 0.29) is 0 Å². The van der Waals surface area contributed by atoms with Crippen LogP contribution in [-0.4, -0.2) is 59.8 Å². The molecule has 0 saturated heterocycles. The minimum atomic E-state index is 0.550. The predicted molar refractivity (Wildman–Crippen MR) is 140 cm³/mol. The fourth-order valence-corrected chi connectivity index (χ4v) is 4.12. The average molecular weight is 459 g/mol. The van der Waals surface area contributed by atoms with E-state index in [9.17, 15) is 0 Å². The SMILES string of the molecule is CCN(CC)CCOc1cccc(Nc2nc3cccc(-c4ccc(N(C)C)c(C)c4)n3n2)c1. The topological polar surface area (TPSA) is 57.9 Å². The van der Waals surface area contributed by atoms with Crippen molar-refractivity contribution in [3.05, 3.63) is 66.2 Å². The van der Waals surface area contributed by atoms with Crippen molar-refractivity contribution in [3.63, 3.8) is 0 Å². The third-order valence-corrected chi connectivity index (χ3v) is 5.99. The highest BCUT2D eigenvalue weighted by Gasteiger charge is 2.11. The van der Waals surface area contributed by atoms with Gasteiger partial charge in [-0.1, -0.05) is 32.0 Å². The molecule has 4 rings (SSSR count). The zero-order valence-electron chi connectivity index (χ0n) is 20.7. The van der Waals surface area contributed by atoms with Crippen LogP contribution in [0.4, 0.5) is 17.3 Å². The Morgan fingerprint density at radius 2 is 1.76 bits per heavy atom. The van der Waals surface area contributed by atoms with Crippen molar-refractivity contribution in [3.8, 4) is 17.0 Å². The van der Waals surface area contributed by atoms with Crippen LogP contribution in [0.5, 0.6) is 5.75 Å². The van der Waals surface area contributed by atoms with E-state index in [0.717, 1.165) is 48.0 Å². The van der Waals surface area contributed by atoms with E-state index < -0.39 is 0 Å². The summed E-state index contributed by atoms with van der Waals surface area (Å²) in [5, 5.41) is 8.07. The Bertz CT molecular complexity index is 1250. The van der Waals surface area contributed by atoms with Crippen molar-refractivity contribution >= 4 is 23.0 Å². The number of likely N-dealkylation sites (N-methyl/N-ethyl adjacent to an activating group) is 1. The van der Waals surface area contributed by atoms with Crippen molar-refractivity contribution in [1.82, 2.24) is 19.5 Å². The second-order valence-corrected chi connectivity index (χ2v) is 8.54. The molecule has 0 fully saturated rings. The predicted octanol–water partition coefficient (Wildman–Crippen LogP) is 5.23. The van der Waals surface area contributed by atoms with E-state index in [2.05, 4.69) is 79.2 Å². The molecule has 0 bridgehead atoms. The molecule has 0 saturated carbocycles. The first-order chi connectivity index (χ1) is 16.5. The maximum atomic E-state index is 5.96. The summed E-state index contributed by atoms with van der Waals surface area (Å²) in [6.45, 7) is 10.1. The number of benzene rings is 2. The Hall–Kier alpha value is -3.58. The van der Waals surface area contributed by atoms with Gasteiger partial charge >= 0.3 is 0 Å². The fraction of sp³-hybridized carbons (Fsp3) is 0.333. The van der Waals surface area contributed by atoms with E-state index in [0.29, 0.717) is 12.6 Å². The van der Waals surface area contributed by atoms with Crippen molar-refractivity contribution in [2.45, 2.75) is 20.8 Å². The third-order valence-electron chi connectivity index (χ3n) is 5.99. The maximum absolute atomic E-state index is 5.96. The number of nitrogens with zero attached hydrogens (tertiary/aromatic N) is 5. The number of aromatic nitrogens is 3. The van der Waals surface area contributed by atoms with E-state index >= 15 is 0 Å². The molecule has 0 spiro atoms. The molecule has 0 aliphatic heterocycles. The summed E-state index contributed by atoms with van der Waals surface area (Å²) in [5.74, 6) is 1.38. The van der Waals surface area contributed by atoms with Gasteiger partial charge < -0.3 is 19.9 Å². The number of hydrogen-bond acceptors (Lipinski definition) is 6. The number of hydrogen-bond donors (Lipinski definition) is 1. The fourth-order valence-electron chi connectivity index (χ4n) is 4.12. The lowest BCUT2D eigenvalue weighted by Crippen LogP contribution is -2.27. The molecule has 7 nitrogen and oxygen atoms in total. The molecule has 2 aromatic carbocycles. The summed E-state index contributed by atoms with van der Waals surface area (Å²) >= 11 is 0. The standard InChI is InChI=1S/C27H34N6O/c1-6-32(7-2)16-17-34-23-11-8-10-22(19-23)28-27-29-26-13-9-12-25(33(26)30-27)21-14-15-24(31(4)5)20(3)18-21/h8-15,18-19H,6-7,16-17H2,1-5H3,(H,28,30). The second-order valence-electron chi connectivity index (χ2n) is 8.54. The molecule has 0 atom stereocenters. The molecule has 7 heteroatoms. The summed E-state index contributed by atoms with van der Waals surface area (Å²) in [6, 6.07) is 20.4. The summed E-state index contributed by atoms with van der Waals surface area (Å²) in [4.78, 5) is 9.15. The van der Waals surface area contributed by atoms with E-state index in [4.69, 9.17) is 9.84 Å². The molecular formula is C27H34N6O. The molecule has 4 aromatic rings. The summed E-state index contributed by atoms with van der Waals surface area (Å²) in [6.07, 6.45) is 0. The van der Waals surface area contributed by atoms with E-state index in [1.165, 1.54) is 11.3 Å². The van der Waals surface area contributed by atoms with Crippen molar-refractivity contribution in [2.75, 3.05) is 50.6 Å². The van der Waals surface area contributed by atoms with Gasteiger partial charge in [0.25, 0.3) is 0 Å². The number of ether oxygens (including phenoxy) is 1. The van der Waals surface area contributed by atoms with Crippen LogP contribution < -0.4 is 15.0 Å². The average Bonchev–Trinajstić information content (AvgIpc) is 3.24. The van der Waals surface area contributed by atoms with Crippen LogP contribution in [-0.2, 0) is 0 Å². The number of fused-ring (bicyclic) bond motifs is 1. The Morgan fingerprint density at radius 1 is 0.971 bits per heavy atom. The van der Waals surface area contributed by atoms with Gasteiger partial charge in [0.05, 0.1) is 5.69 Å². The Labute approximate surface area is 202 Å². The minimum absolute atomic E-state index is 0.550. The first-order valence-electron chi connectivity index (χ1n) is 11.8. The van der Waals surface area contributed by atoms with Crippen LogP contribution in [0.1, 0.15) is 19.4 Å². The highest BCUT2D eigenvalue weighted by Crippen LogP contribution is 2.27. The van der Waals surface area contributed by atoms with Crippen LogP contribution >= 0.6 is 0 Å². The smallest absolute Gasteiger partial charge is 0.247 e. The first-order valence-corrected chi connectivity index (χ1v) is 11.8. The summed E-state index contributed by atoms with van der Waals surface area (Å²) in [7, 11) is 4.12. The number of anilines is 3. The molecule has 34 heavy (non-hydrogen) atoms. The lowest BCUT2D eigenvalue weighted by Gasteiger charge is -2.18. The molecule has 2 heterocycles. The Balaban J connectivity index is 1.53. The molecule has 178 valence electrons. The van der Waals surface area contributed by atoms with Gasteiger partial charge in [-0.25, -0.2) is 4.52 Å². The molecule has 0 radical (unpaired) electrons. The van der Waals surface area contributed by atoms with Gasteiger partial charge in [-0.2, -0.15) is 4.98 Å². The van der Waals surface area contributed by atoms with Crippen molar-refractivity contribution in [2.24, 2.45) is 0 Å². The van der Waals surface area contributed by atoms with Gasteiger partial charge in [-0.15, -0.1) is 5.10 Å². The monoisotopic (exact) mass is 458 g/mol. The quantitative estimate of drug-likeness (QED) is 0.351. The van der Waals surface area contributed by atoms with Gasteiger partial charge in [0.1, 0.15) is 12.4 Å². The minimum Gasteiger partial charge on any atom is -0.492 e. The van der Waals surface area contributed by atoms with Crippen LogP contribution in [0.25, 0.3) is 16.9 Å². The molecule has 2 aromatic heterocycles. The van der Waals surface area contributed by atoms with Crippen molar-refractivity contribution in [1.29, 1.82) is 0 Å². The number of rotatable bonds is 10. The maximum Gasteiger partial charge on any atom is 0.247 e. The van der Waals surface area contributed by atoms with Gasteiger partial charge in [0, 0.05) is 43.6 Å². The molecule has 0 aliphatic carbocycles. The highest BCUT2D eigenvalue weighted by molar-refractivity contribution is 5.69. The number of nitrogens with one attached hydrogen (secondary N) is 1. The second kappa shape index (κ2) is 10.6. The Kier molecular flexibility index (Phi) is 7.33. The number of pyridine rings is 1. The highest BCUT2D eigenvalue weighted by atomic mass is 16.5. The van der Waals surface area contributed by atoms with Gasteiger partial charge in [-0.3, -0.25) is 0 Å². The van der Waals surface area contributed by atoms with E-state index in [1.807, 2.05) is 40.9 Å². The Morgan fingerprint density at radius 3 is 2.50 bits per heavy atom. The largest absolute Gasteiger partial charge is 0.492 e. The normalized spacial score (nSPS) is 11.2. The third kappa shape index (κ3) is 5.31. The van der Waals surface area contributed by atoms with Crippen LogP contribution in [0, 0.1) is 6.92 Å². The summed E-state index contributed by atoms with van der Waals surface area (Å²) in [5.41, 5.74) is 6.21. The molecule has 0 amide bonds. The zero-order valence-corrected chi connectivity index (χ0v) is 20.7. The first kappa shape index (κ1) is 23.6. The molecular weight excluding hydrogens is 424 g/mol. The molecule has 1 N–H and O–H groups in total. The van der Waals surface area contributed by atoms with Gasteiger partial charge in [0.15, 0.2) is 5.65 Å². The summed E-state index contributed by atoms with van der Waals surface area (Å²) < 4.78 is 7.85. The van der Waals surface area contributed by atoms with Gasteiger partial charge in [-0.05, 0) is 62.0 Å². The lowest BCUT2D eigenvalue weighted by molar-refractivity contribution is 0.223. The number of aryl methyl sites for hydroxylation is 1. The lowest BCUT2D eigenvalue weighted by atomic mass is 10.1. The van der Waals surface area contributed by atoms with Crippen LogP contribution in [0.2, 0.25) is 0 Å². The zero-order chi connectivity index (χ0) is 24.1.